The lowest BCUT2D eigenvalue weighted by molar-refractivity contribution is -0.129. The number of aliphatic hydroxyl groups is 1. The van der Waals surface area contributed by atoms with E-state index < -0.39 is 12.0 Å². The molecule has 1 aromatic carbocycles. The van der Waals surface area contributed by atoms with E-state index in [1.54, 1.807) is 35.6 Å². The van der Waals surface area contributed by atoms with Gasteiger partial charge in [0.2, 0.25) is 0 Å². The fourth-order valence-electron chi connectivity index (χ4n) is 1.66. The van der Waals surface area contributed by atoms with Gasteiger partial charge in [-0.1, -0.05) is 30.3 Å². The van der Waals surface area contributed by atoms with Crippen LogP contribution in [0, 0.1) is 13.8 Å². The van der Waals surface area contributed by atoms with Gasteiger partial charge in [-0.2, -0.15) is 0 Å². The molecule has 1 amide bonds. The zero-order valence-electron chi connectivity index (χ0n) is 10.9. The van der Waals surface area contributed by atoms with E-state index in [1.165, 1.54) is 0 Å². The number of rotatable bonds is 4. The second-order valence-electron chi connectivity index (χ2n) is 4.28. The molecule has 2 N–H and O–H groups in total. The van der Waals surface area contributed by atoms with Gasteiger partial charge in [0.05, 0.1) is 12.2 Å². The van der Waals surface area contributed by atoms with Gasteiger partial charge in [0.15, 0.2) is 6.10 Å². The molecular formula is C14H16N2O2S. The number of hydrogen-bond acceptors (Lipinski definition) is 4. The summed E-state index contributed by atoms with van der Waals surface area (Å²) in [4.78, 5) is 17.3. The van der Waals surface area contributed by atoms with E-state index in [1.807, 2.05) is 19.9 Å². The lowest BCUT2D eigenvalue weighted by Gasteiger charge is -2.10. The molecule has 2 aromatic rings. The summed E-state index contributed by atoms with van der Waals surface area (Å²) in [6.07, 6.45) is -1.14. The quantitative estimate of drug-likeness (QED) is 0.899. The third-order valence-electron chi connectivity index (χ3n) is 2.85. The second-order valence-corrected chi connectivity index (χ2v) is 5.57. The summed E-state index contributed by atoms with van der Waals surface area (Å²) < 4.78 is 0. The van der Waals surface area contributed by atoms with Gasteiger partial charge in [0.1, 0.15) is 5.01 Å². The number of aromatic nitrogens is 1. The van der Waals surface area contributed by atoms with Crippen molar-refractivity contribution < 1.29 is 9.90 Å². The standard InChI is InChI=1S/C14H16N2O2S/c1-9-10(2)19-12(16-9)8-15-14(18)13(17)11-6-4-3-5-7-11/h3-7,13,17H,8H2,1-2H3,(H,15,18). The smallest absolute Gasteiger partial charge is 0.253 e. The maximum absolute atomic E-state index is 11.8. The molecule has 0 spiro atoms. The molecule has 2 rings (SSSR count). The number of nitrogens with one attached hydrogen (secondary N) is 1. The van der Waals surface area contributed by atoms with E-state index in [0.29, 0.717) is 12.1 Å². The van der Waals surface area contributed by atoms with Crippen molar-refractivity contribution in [2.45, 2.75) is 26.5 Å². The van der Waals surface area contributed by atoms with Gasteiger partial charge < -0.3 is 10.4 Å². The maximum Gasteiger partial charge on any atom is 0.253 e. The molecule has 0 fully saturated rings. The Balaban J connectivity index is 1.94. The first-order valence-electron chi connectivity index (χ1n) is 6.01. The summed E-state index contributed by atoms with van der Waals surface area (Å²) >= 11 is 1.56. The number of aliphatic hydroxyl groups excluding tert-OH is 1. The molecule has 100 valence electrons. The number of hydrogen-bond donors (Lipinski definition) is 2. The Bertz CT molecular complexity index is 547. The van der Waals surface area contributed by atoms with Crippen LogP contribution in [0.4, 0.5) is 0 Å². The highest BCUT2D eigenvalue weighted by atomic mass is 32.1. The zero-order chi connectivity index (χ0) is 13.8. The first kappa shape index (κ1) is 13.7. The molecule has 0 saturated carbocycles. The maximum atomic E-state index is 11.8. The third-order valence-corrected chi connectivity index (χ3v) is 3.92. The van der Waals surface area contributed by atoms with E-state index in [9.17, 15) is 9.90 Å². The summed E-state index contributed by atoms with van der Waals surface area (Å²) in [5.74, 6) is -0.406. The van der Waals surface area contributed by atoms with Gasteiger partial charge in [-0.15, -0.1) is 11.3 Å². The second kappa shape index (κ2) is 5.95. The highest BCUT2D eigenvalue weighted by molar-refractivity contribution is 7.11. The lowest BCUT2D eigenvalue weighted by atomic mass is 10.1. The number of aryl methyl sites for hydroxylation is 2. The fraction of sp³-hybridized carbons (Fsp3) is 0.286. The molecule has 1 aromatic heterocycles. The molecule has 1 atom stereocenters. The highest BCUT2D eigenvalue weighted by Gasteiger charge is 2.17. The summed E-state index contributed by atoms with van der Waals surface area (Å²) in [5.41, 5.74) is 1.57. The number of carbonyl (C=O) groups excluding carboxylic acids is 1. The van der Waals surface area contributed by atoms with Crippen molar-refractivity contribution in [2.75, 3.05) is 0 Å². The van der Waals surface area contributed by atoms with Crippen LogP contribution in [0.15, 0.2) is 30.3 Å². The van der Waals surface area contributed by atoms with E-state index in [-0.39, 0.29) is 0 Å². The Labute approximate surface area is 116 Å². The Kier molecular flexibility index (Phi) is 4.29. The van der Waals surface area contributed by atoms with Crippen LogP contribution in [0.1, 0.15) is 27.2 Å². The van der Waals surface area contributed by atoms with E-state index in [2.05, 4.69) is 10.3 Å². The predicted octanol–water partition coefficient (Wildman–Crippen LogP) is 2.11. The van der Waals surface area contributed by atoms with Crippen molar-refractivity contribution in [3.8, 4) is 0 Å². The first-order valence-corrected chi connectivity index (χ1v) is 6.83. The van der Waals surface area contributed by atoms with E-state index in [4.69, 9.17) is 0 Å². The number of nitrogens with zero attached hydrogens (tertiary/aromatic N) is 1. The van der Waals surface area contributed by atoms with Gasteiger partial charge in [0, 0.05) is 4.88 Å². The summed E-state index contributed by atoms with van der Waals surface area (Å²) in [6.45, 7) is 4.29. The molecule has 4 nitrogen and oxygen atoms in total. The van der Waals surface area contributed by atoms with Crippen LogP contribution in [0.2, 0.25) is 0 Å². The average molecular weight is 276 g/mol. The topological polar surface area (TPSA) is 62.2 Å². The van der Waals surface area contributed by atoms with Crippen molar-refractivity contribution >= 4 is 17.2 Å². The summed E-state index contributed by atoms with van der Waals surface area (Å²) in [7, 11) is 0. The minimum atomic E-state index is -1.14. The van der Waals surface area contributed by atoms with Crippen LogP contribution in [-0.4, -0.2) is 16.0 Å². The Hall–Kier alpha value is -1.72. The van der Waals surface area contributed by atoms with Crippen LogP contribution < -0.4 is 5.32 Å². The molecule has 1 unspecified atom stereocenters. The Morgan fingerprint density at radius 1 is 1.37 bits per heavy atom. The predicted molar refractivity (Wildman–Crippen MR) is 74.8 cm³/mol. The molecule has 0 aliphatic heterocycles. The molecular weight excluding hydrogens is 260 g/mol. The van der Waals surface area contributed by atoms with Crippen molar-refractivity contribution in [1.82, 2.24) is 10.3 Å². The van der Waals surface area contributed by atoms with Crippen LogP contribution >= 0.6 is 11.3 Å². The van der Waals surface area contributed by atoms with Crippen molar-refractivity contribution in [3.63, 3.8) is 0 Å². The average Bonchev–Trinajstić information content (AvgIpc) is 2.75. The summed E-state index contributed by atoms with van der Waals surface area (Å²) in [5, 5.41) is 13.4. The van der Waals surface area contributed by atoms with Gasteiger partial charge >= 0.3 is 0 Å². The molecule has 0 saturated heterocycles. The number of carbonyl (C=O) groups is 1. The number of amides is 1. The Morgan fingerprint density at radius 2 is 2.05 bits per heavy atom. The monoisotopic (exact) mass is 276 g/mol. The number of thiazole rings is 1. The third kappa shape index (κ3) is 3.39. The Morgan fingerprint density at radius 3 is 2.63 bits per heavy atom. The van der Waals surface area contributed by atoms with Gasteiger partial charge in [-0.05, 0) is 19.4 Å². The van der Waals surface area contributed by atoms with Gasteiger partial charge in [-0.25, -0.2) is 4.98 Å². The van der Waals surface area contributed by atoms with Crippen LogP contribution in [0.5, 0.6) is 0 Å². The van der Waals surface area contributed by atoms with Crippen molar-refractivity contribution in [1.29, 1.82) is 0 Å². The minimum Gasteiger partial charge on any atom is -0.378 e. The normalized spacial score (nSPS) is 12.2. The summed E-state index contributed by atoms with van der Waals surface area (Å²) in [6, 6.07) is 8.87. The fourth-order valence-corrected chi connectivity index (χ4v) is 2.53. The van der Waals surface area contributed by atoms with E-state index in [0.717, 1.165) is 15.6 Å². The van der Waals surface area contributed by atoms with Crippen molar-refractivity contribution in [3.05, 3.63) is 51.5 Å². The molecule has 0 aliphatic carbocycles. The molecule has 0 aliphatic rings. The molecule has 19 heavy (non-hydrogen) atoms. The SMILES string of the molecule is Cc1nc(CNC(=O)C(O)c2ccccc2)sc1C. The lowest BCUT2D eigenvalue weighted by Crippen LogP contribution is -2.28. The minimum absolute atomic E-state index is 0.349. The molecule has 0 radical (unpaired) electrons. The van der Waals surface area contributed by atoms with E-state index >= 15 is 0 Å². The van der Waals surface area contributed by atoms with Gasteiger partial charge in [0.25, 0.3) is 5.91 Å². The van der Waals surface area contributed by atoms with Gasteiger partial charge in [-0.3, -0.25) is 4.79 Å². The van der Waals surface area contributed by atoms with Crippen LogP contribution in [0.25, 0.3) is 0 Å². The van der Waals surface area contributed by atoms with Crippen LogP contribution in [-0.2, 0) is 11.3 Å². The highest BCUT2D eigenvalue weighted by Crippen LogP contribution is 2.17. The molecule has 5 heteroatoms. The van der Waals surface area contributed by atoms with Crippen molar-refractivity contribution in [2.24, 2.45) is 0 Å². The first-order chi connectivity index (χ1) is 9.08. The number of benzene rings is 1. The largest absolute Gasteiger partial charge is 0.378 e. The molecule has 0 bridgehead atoms. The van der Waals surface area contributed by atoms with Crippen LogP contribution in [0.3, 0.4) is 0 Å². The molecule has 1 heterocycles. The zero-order valence-corrected chi connectivity index (χ0v) is 11.7.